The van der Waals surface area contributed by atoms with Crippen LogP contribution < -0.4 is 0 Å². The Morgan fingerprint density at radius 3 is 1.62 bits per heavy atom. The van der Waals surface area contributed by atoms with E-state index in [1.807, 2.05) is 85.8 Å². The Balaban J connectivity index is 1.68. The molecule has 0 radical (unpaired) electrons. The SMILES string of the molecule is Cc1cc([N+](=O)[O-])ccc1-c1cccc(-c2c(-c3cc([N+](=O)[O-])ccc3C)ccc([N+](=O)[O-])c2-c2cccc(-c3ccccc3)c2)c1. The van der Waals surface area contributed by atoms with E-state index in [1.165, 1.54) is 30.3 Å². The van der Waals surface area contributed by atoms with Crippen LogP contribution in [0.25, 0.3) is 55.6 Å². The molecule has 0 aliphatic rings. The normalized spacial score (nSPS) is 10.9. The van der Waals surface area contributed by atoms with E-state index in [4.69, 9.17) is 0 Å². The molecule has 0 N–H and O–H groups in total. The molecule has 0 aliphatic carbocycles. The highest BCUT2D eigenvalue weighted by molar-refractivity contribution is 6.00. The summed E-state index contributed by atoms with van der Waals surface area (Å²) >= 11 is 0. The van der Waals surface area contributed by atoms with Crippen LogP contribution in [-0.2, 0) is 0 Å². The number of nitro benzene ring substituents is 3. The van der Waals surface area contributed by atoms with Crippen molar-refractivity contribution in [2.75, 3.05) is 0 Å². The molecule has 0 fully saturated rings. The molecule has 0 bridgehead atoms. The van der Waals surface area contributed by atoms with Crippen LogP contribution in [0, 0.1) is 44.2 Å². The smallest absolute Gasteiger partial charge is 0.258 e. The Morgan fingerprint density at radius 2 is 0.957 bits per heavy atom. The molecule has 0 amide bonds. The minimum Gasteiger partial charge on any atom is -0.258 e. The lowest BCUT2D eigenvalue weighted by molar-refractivity contribution is -0.385. The van der Waals surface area contributed by atoms with Crippen molar-refractivity contribution in [1.29, 1.82) is 0 Å². The first kappa shape index (κ1) is 30.5. The molecule has 0 heterocycles. The maximum atomic E-state index is 12.7. The molecule has 0 atom stereocenters. The molecule has 6 aromatic carbocycles. The van der Waals surface area contributed by atoms with Gasteiger partial charge in [0.2, 0.25) is 0 Å². The highest BCUT2D eigenvalue weighted by atomic mass is 16.6. The van der Waals surface area contributed by atoms with E-state index >= 15 is 0 Å². The van der Waals surface area contributed by atoms with Crippen molar-refractivity contribution in [1.82, 2.24) is 0 Å². The summed E-state index contributed by atoms with van der Waals surface area (Å²) < 4.78 is 0. The van der Waals surface area contributed by atoms with Gasteiger partial charge in [0.15, 0.2) is 0 Å². The molecular weight excluding hydrogens is 594 g/mol. The van der Waals surface area contributed by atoms with Crippen LogP contribution in [0.15, 0.2) is 127 Å². The van der Waals surface area contributed by atoms with E-state index in [9.17, 15) is 30.3 Å². The Bertz CT molecular complexity index is 2210. The standard InChI is InChI=1S/C38H27N3O6/c1-24-14-15-32(40(44)45)23-35(24)34-18-19-36(41(46)47)38(30-13-6-10-27(21-30)26-8-4-3-5-9-26)37(34)29-12-7-11-28(22-29)33-17-16-31(39(42)43)20-25(33)2/h3-23H,1-2H3. The Hall–Kier alpha value is -6.48. The number of rotatable bonds is 8. The Kier molecular flexibility index (Phi) is 8.12. The summed E-state index contributed by atoms with van der Waals surface area (Å²) in [6.07, 6.45) is 0. The van der Waals surface area contributed by atoms with E-state index < -0.39 is 14.8 Å². The highest BCUT2D eigenvalue weighted by Crippen LogP contribution is 2.47. The molecule has 9 heteroatoms. The number of nitro groups is 3. The Morgan fingerprint density at radius 1 is 0.404 bits per heavy atom. The van der Waals surface area contributed by atoms with Gasteiger partial charge in [0.1, 0.15) is 0 Å². The van der Waals surface area contributed by atoms with Gasteiger partial charge in [-0.2, -0.15) is 0 Å². The molecule has 0 aliphatic heterocycles. The highest BCUT2D eigenvalue weighted by Gasteiger charge is 2.26. The van der Waals surface area contributed by atoms with Gasteiger partial charge in [-0.05, 0) is 93.7 Å². The van der Waals surface area contributed by atoms with E-state index in [1.54, 1.807) is 25.1 Å². The average Bonchev–Trinajstić information content (AvgIpc) is 3.08. The number of nitrogens with zero attached hydrogens (tertiary/aromatic N) is 3. The quantitative estimate of drug-likeness (QED) is 0.123. The summed E-state index contributed by atoms with van der Waals surface area (Å²) in [5.74, 6) is 0. The summed E-state index contributed by atoms with van der Waals surface area (Å²) in [5.41, 5.74) is 7.87. The van der Waals surface area contributed by atoms with Gasteiger partial charge in [-0.15, -0.1) is 0 Å². The van der Waals surface area contributed by atoms with Crippen LogP contribution in [0.2, 0.25) is 0 Å². The molecule has 0 saturated carbocycles. The molecule has 9 nitrogen and oxygen atoms in total. The van der Waals surface area contributed by atoms with E-state index in [0.29, 0.717) is 38.9 Å². The topological polar surface area (TPSA) is 129 Å². The largest absolute Gasteiger partial charge is 0.277 e. The third-order valence-electron chi connectivity index (χ3n) is 8.24. The predicted octanol–water partition coefficient (Wildman–Crippen LogP) is 10.4. The van der Waals surface area contributed by atoms with Crippen molar-refractivity contribution in [3.63, 3.8) is 0 Å². The van der Waals surface area contributed by atoms with Gasteiger partial charge >= 0.3 is 0 Å². The molecule has 47 heavy (non-hydrogen) atoms. The molecule has 0 saturated heterocycles. The molecular formula is C38H27N3O6. The minimum atomic E-state index is -0.462. The predicted molar refractivity (Wildman–Crippen MR) is 183 cm³/mol. The number of hydrogen-bond donors (Lipinski definition) is 0. The number of non-ortho nitro benzene ring substituents is 2. The van der Waals surface area contributed by atoms with E-state index in [0.717, 1.165) is 27.8 Å². The monoisotopic (exact) mass is 621 g/mol. The van der Waals surface area contributed by atoms with Gasteiger partial charge in [0.25, 0.3) is 17.1 Å². The second-order valence-electron chi connectivity index (χ2n) is 11.2. The van der Waals surface area contributed by atoms with E-state index in [2.05, 4.69) is 0 Å². The zero-order valence-electron chi connectivity index (χ0n) is 25.4. The van der Waals surface area contributed by atoms with Crippen LogP contribution in [0.1, 0.15) is 11.1 Å². The second-order valence-corrected chi connectivity index (χ2v) is 11.2. The molecule has 6 rings (SSSR count). The number of hydrogen-bond acceptors (Lipinski definition) is 6. The maximum absolute atomic E-state index is 12.7. The lowest BCUT2D eigenvalue weighted by atomic mass is 9.84. The first-order valence-corrected chi connectivity index (χ1v) is 14.7. The summed E-state index contributed by atoms with van der Waals surface area (Å²) in [4.78, 5) is 34.6. The van der Waals surface area contributed by atoms with Gasteiger partial charge in [0.05, 0.1) is 20.3 Å². The fourth-order valence-corrected chi connectivity index (χ4v) is 5.99. The minimum absolute atomic E-state index is 0.0230. The summed E-state index contributed by atoms with van der Waals surface area (Å²) in [6.45, 7) is 3.64. The molecule has 0 spiro atoms. The third-order valence-corrected chi connectivity index (χ3v) is 8.24. The molecule has 230 valence electrons. The van der Waals surface area contributed by atoms with Crippen molar-refractivity contribution in [2.24, 2.45) is 0 Å². The van der Waals surface area contributed by atoms with Crippen LogP contribution in [0.3, 0.4) is 0 Å². The fraction of sp³-hybridized carbons (Fsp3) is 0.0526. The van der Waals surface area contributed by atoms with Crippen molar-refractivity contribution in [3.05, 3.63) is 169 Å². The van der Waals surface area contributed by atoms with Crippen molar-refractivity contribution >= 4 is 17.1 Å². The lowest BCUT2D eigenvalue weighted by Gasteiger charge is -2.19. The average molecular weight is 622 g/mol. The van der Waals surface area contributed by atoms with Gasteiger partial charge in [-0.1, -0.05) is 72.8 Å². The maximum Gasteiger partial charge on any atom is 0.277 e. The first-order chi connectivity index (χ1) is 22.6. The lowest BCUT2D eigenvalue weighted by Crippen LogP contribution is -1.99. The fourth-order valence-electron chi connectivity index (χ4n) is 5.99. The molecule has 6 aromatic rings. The van der Waals surface area contributed by atoms with Crippen molar-refractivity contribution in [3.8, 4) is 55.6 Å². The molecule has 0 aromatic heterocycles. The first-order valence-electron chi connectivity index (χ1n) is 14.7. The van der Waals surface area contributed by atoms with Crippen LogP contribution in [0.5, 0.6) is 0 Å². The third kappa shape index (κ3) is 5.97. The van der Waals surface area contributed by atoms with Crippen LogP contribution >= 0.6 is 0 Å². The number of aryl methyl sites for hydroxylation is 2. The second kappa shape index (κ2) is 12.5. The summed E-state index contributed by atoms with van der Waals surface area (Å²) in [7, 11) is 0. The Labute approximate surface area is 269 Å². The van der Waals surface area contributed by atoms with Crippen molar-refractivity contribution in [2.45, 2.75) is 13.8 Å². The van der Waals surface area contributed by atoms with Gasteiger partial charge in [-0.3, -0.25) is 30.3 Å². The van der Waals surface area contributed by atoms with Crippen molar-refractivity contribution < 1.29 is 14.8 Å². The molecule has 0 unspecified atom stereocenters. The van der Waals surface area contributed by atoms with Crippen LogP contribution in [0.4, 0.5) is 17.1 Å². The zero-order chi connectivity index (χ0) is 33.2. The number of benzene rings is 6. The van der Waals surface area contributed by atoms with Crippen LogP contribution in [-0.4, -0.2) is 14.8 Å². The van der Waals surface area contributed by atoms with Gasteiger partial charge in [0, 0.05) is 35.9 Å². The van der Waals surface area contributed by atoms with Gasteiger partial charge in [-0.25, -0.2) is 0 Å². The zero-order valence-corrected chi connectivity index (χ0v) is 25.4. The van der Waals surface area contributed by atoms with Gasteiger partial charge < -0.3 is 0 Å². The summed E-state index contributed by atoms with van der Waals surface area (Å²) in [6, 6.07) is 37.0. The van der Waals surface area contributed by atoms with E-state index in [-0.39, 0.29) is 17.1 Å². The summed E-state index contributed by atoms with van der Waals surface area (Å²) in [5, 5.41) is 35.9.